The summed E-state index contributed by atoms with van der Waals surface area (Å²) >= 11 is 0. The number of nitrogens with zero attached hydrogens (tertiary/aromatic N) is 1. The summed E-state index contributed by atoms with van der Waals surface area (Å²) in [5.74, 6) is -1.12. The van der Waals surface area contributed by atoms with Gasteiger partial charge in [0, 0.05) is 32.0 Å². The summed E-state index contributed by atoms with van der Waals surface area (Å²) < 4.78 is 33.5. The summed E-state index contributed by atoms with van der Waals surface area (Å²) in [7, 11) is -2.17. The number of hydrogen-bond donors (Lipinski definition) is 2. The minimum atomic E-state index is -3.72. The van der Waals surface area contributed by atoms with Crippen molar-refractivity contribution in [2.75, 3.05) is 13.7 Å². The Labute approximate surface area is 124 Å². The maximum atomic E-state index is 12.3. The van der Waals surface area contributed by atoms with Crippen molar-refractivity contribution >= 4 is 16.0 Å². The molecule has 8 heteroatoms. The first-order chi connectivity index (χ1) is 9.85. The Morgan fingerprint density at radius 2 is 2.24 bits per heavy atom. The number of nitrogens with one attached hydrogen (secondary N) is 1. The molecule has 1 heterocycles. The second-order valence-electron chi connectivity index (χ2n) is 5.31. The predicted molar refractivity (Wildman–Crippen MR) is 75.9 cm³/mol. The van der Waals surface area contributed by atoms with E-state index < -0.39 is 16.0 Å². The molecule has 2 N–H and O–H groups in total. The zero-order valence-electron chi connectivity index (χ0n) is 12.1. The molecule has 7 nitrogen and oxygen atoms in total. The van der Waals surface area contributed by atoms with Gasteiger partial charge in [-0.1, -0.05) is 0 Å². The Bertz CT molecular complexity index is 619. The lowest BCUT2D eigenvalue weighted by molar-refractivity contribution is 0.0685. The van der Waals surface area contributed by atoms with Gasteiger partial charge in [-0.25, -0.2) is 17.9 Å². The van der Waals surface area contributed by atoms with E-state index in [1.807, 2.05) is 0 Å². The third kappa shape index (κ3) is 3.84. The highest BCUT2D eigenvalue weighted by atomic mass is 32.2. The summed E-state index contributed by atoms with van der Waals surface area (Å²) in [5, 5.41) is 9.17. The van der Waals surface area contributed by atoms with Gasteiger partial charge in [0.25, 0.3) is 0 Å². The molecule has 0 aromatic carbocycles. The van der Waals surface area contributed by atoms with Crippen molar-refractivity contribution < 1.29 is 23.1 Å². The smallest absolute Gasteiger partial charge is 0.352 e. The van der Waals surface area contributed by atoms with Gasteiger partial charge in [0.2, 0.25) is 10.0 Å². The number of carbonyl (C=O) groups is 1. The number of rotatable bonds is 8. The second-order valence-corrected chi connectivity index (χ2v) is 7.02. The van der Waals surface area contributed by atoms with E-state index in [-0.39, 0.29) is 22.7 Å². The summed E-state index contributed by atoms with van der Waals surface area (Å²) in [6, 6.07) is 1.03. The van der Waals surface area contributed by atoms with Crippen LogP contribution in [-0.4, -0.2) is 43.8 Å². The van der Waals surface area contributed by atoms with Crippen LogP contribution in [-0.2, 0) is 14.8 Å². The number of aromatic nitrogens is 1. The molecule has 1 atom stereocenters. The molecule has 0 amide bonds. The highest BCUT2D eigenvalue weighted by Crippen LogP contribution is 2.37. The van der Waals surface area contributed by atoms with Crippen molar-refractivity contribution in [3.05, 3.63) is 18.0 Å². The van der Waals surface area contributed by atoms with Crippen LogP contribution in [0.1, 0.15) is 42.7 Å². The first kappa shape index (κ1) is 16.0. The van der Waals surface area contributed by atoms with Crippen molar-refractivity contribution in [2.24, 2.45) is 0 Å². The molecule has 1 fully saturated rings. The van der Waals surface area contributed by atoms with Crippen molar-refractivity contribution in [1.29, 1.82) is 0 Å². The molecule has 1 aromatic heterocycles. The van der Waals surface area contributed by atoms with Crippen molar-refractivity contribution in [3.63, 3.8) is 0 Å². The van der Waals surface area contributed by atoms with Crippen molar-refractivity contribution in [1.82, 2.24) is 9.29 Å². The van der Waals surface area contributed by atoms with Crippen LogP contribution in [0.3, 0.4) is 0 Å². The zero-order valence-corrected chi connectivity index (χ0v) is 12.9. The van der Waals surface area contributed by atoms with E-state index in [2.05, 4.69) is 4.72 Å². The van der Waals surface area contributed by atoms with Gasteiger partial charge >= 0.3 is 5.97 Å². The fourth-order valence-corrected chi connectivity index (χ4v) is 3.42. The van der Waals surface area contributed by atoms with Gasteiger partial charge in [-0.2, -0.15) is 0 Å². The molecule has 0 saturated heterocycles. The average molecular weight is 316 g/mol. The number of hydrogen-bond acceptors (Lipinski definition) is 4. The second kappa shape index (κ2) is 6.17. The molecule has 0 bridgehead atoms. The SMILES string of the molecule is COCCC(C)NS(=O)(=O)c1cc(C(=O)O)n(C2CC2)c1. The van der Waals surface area contributed by atoms with Gasteiger partial charge in [-0.15, -0.1) is 0 Å². The molecule has 118 valence electrons. The minimum Gasteiger partial charge on any atom is -0.477 e. The molecule has 1 aliphatic carbocycles. The average Bonchev–Trinajstić information content (AvgIpc) is 3.13. The fourth-order valence-electron chi connectivity index (χ4n) is 2.11. The first-order valence-electron chi connectivity index (χ1n) is 6.81. The minimum absolute atomic E-state index is 0.00364. The van der Waals surface area contributed by atoms with Crippen LogP contribution in [0.15, 0.2) is 17.2 Å². The molecule has 0 radical (unpaired) electrons. The van der Waals surface area contributed by atoms with E-state index in [1.165, 1.54) is 16.8 Å². The van der Waals surface area contributed by atoms with Gasteiger partial charge in [-0.05, 0) is 32.3 Å². The Morgan fingerprint density at radius 3 is 2.76 bits per heavy atom. The van der Waals surface area contributed by atoms with Crippen LogP contribution in [0.25, 0.3) is 0 Å². The molecule has 0 aliphatic heterocycles. The van der Waals surface area contributed by atoms with Gasteiger partial charge < -0.3 is 14.4 Å². The number of ether oxygens (including phenoxy) is 1. The third-order valence-electron chi connectivity index (χ3n) is 3.40. The summed E-state index contributed by atoms with van der Waals surface area (Å²) in [6.45, 7) is 2.19. The van der Waals surface area contributed by atoms with Gasteiger partial charge in [0.1, 0.15) is 10.6 Å². The number of methoxy groups -OCH3 is 1. The van der Waals surface area contributed by atoms with Crippen LogP contribution in [0, 0.1) is 0 Å². The van der Waals surface area contributed by atoms with E-state index >= 15 is 0 Å². The maximum absolute atomic E-state index is 12.3. The number of sulfonamides is 1. The molecular formula is C13H20N2O5S. The van der Waals surface area contributed by atoms with Crippen LogP contribution >= 0.6 is 0 Å². The van der Waals surface area contributed by atoms with Gasteiger partial charge in [0.05, 0.1) is 0 Å². The van der Waals surface area contributed by atoms with Crippen molar-refractivity contribution in [2.45, 2.75) is 43.2 Å². The van der Waals surface area contributed by atoms with Crippen LogP contribution in [0.4, 0.5) is 0 Å². The van der Waals surface area contributed by atoms with E-state index in [0.29, 0.717) is 13.0 Å². The van der Waals surface area contributed by atoms with Crippen LogP contribution < -0.4 is 4.72 Å². The lowest BCUT2D eigenvalue weighted by Crippen LogP contribution is -2.33. The predicted octanol–water partition coefficient (Wildman–Crippen LogP) is 1.22. The first-order valence-corrected chi connectivity index (χ1v) is 8.30. The highest BCUT2D eigenvalue weighted by molar-refractivity contribution is 7.89. The Hall–Kier alpha value is -1.38. The lowest BCUT2D eigenvalue weighted by atomic mass is 10.3. The normalized spacial score (nSPS) is 16.9. The quantitative estimate of drug-likeness (QED) is 0.751. The van der Waals surface area contributed by atoms with Crippen LogP contribution in [0.2, 0.25) is 0 Å². The number of carboxylic acid groups (broad SMARTS) is 1. The van der Waals surface area contributed by atoms with E-state index in [9.17, 15) is 13.2 Å². The summed E-state index contributed by atoms with van der Waals surface area (Å²) in [5.41, 5.74) is 0.0161. The fraction of sp³-hybridized carbons (Fsp3) is 0.615. The molecule has 1 aromatic rings. The molecule has 21 heavy (non-hydrogen) atoms. The standard InChI is InChI=1S/C13H20N2O5S/c1-9(5-6-20-2)14-21(18,19)11-7-12(13(16)17)15(8-11)10-3-4-10/h7-10,14H,3-6H2,1-2H3,(H,16,17). The van der Waals surface area contributed by atoms with E-state index in [0.717, 1.165) is 12.8 Å². The Kier molecular flexibility index (Phi) is 4.70. The largest absolute Gasteiger partial charge is 0.477 e. The number of carboxylic acids is 1. The van der Waals surface area contributed by atoms with Crippen molar-refractivity contribution in [3.8, 4) is 0 Å². The zero-order chi connectivity index (χ0) is 15.6. The topological polar surface area (TPSA) is 97.6 Å². The highest BCUT2D eigenvalue weighted by Gasteiger charge is 2.30. The molecule has 1 saturated carbocycles. The van der Waals surface area contributed by atoms with Crippen LogP contribution in [0.5, 0.6) is 0 Å². The third-order valence-corrected chi connectivity index (χ3v) is 4.96. The number of aromatic carboxylic acids is 1. The molecule has 1 unspecified atom stereocenters. The molecular weight excluding hydrogens is 296 g/mol. The Morgan fingerprint density at radius 1 is 1.57 bits per heavy atom. The Balaban J connectivity index is 2.20. The monoisotopic (exact) mass is 316 g/mol. The molecule has 1 aliphatic rings. The summed E-state index contributed by atoms with van der Waals surface area (Å²) in [6.07, 6.45) is 3.72. The molecule has 0 spiro atoms. The van der Waals surface area contributed by atoms with Gasteiger partial charge in [0.15, 0.2) is 0 Å². The molecule has 2 rings (SSSR count). The maximum Gasteiger partial charge on any atom is 0.352 e. The van der Waals surface area contributed by atoms with E-state index in [4.69, 9.17) is 9.84 Å². The lowest BCUT2D eigenvalue weighted by Gasteiger charge is -2.12. The van der Waals surface area contributed by atoms with Gasteiger partial charge in [-0.3, -0.25) is 0 Å². The summed E-state index contributed by atoms with van der Waals surface area (Å²) in [4.78, 5) is 11.2. The van der Waals surface area contributed by atoms with E-state index in [1.54, 1.807) is 14.0 Å².